The Morgan fingerprint density at radius 3 is 3.00 bits per heavy atom. The van der Waals surface area contributed by atoms with Crippen molar-refractivity contribution >= 4 is 11.6 Å². The van der Waals surface area contributed by atoms with Gasteiger partial charge in [-0.2, -0.15) is 0 Å². The van der Waals surface area contributed by atoms with Crippen LogP contribution in [-0.2, 0) is 6.54 Å². The van der Waals surface area contributed by atoms with Crippen molar-refractivity contribution in [3.05, 3.63) is 47.8 Å². The number of furan rings is 1. The van der Waals surface area contributed by atoms with Gasteiger partial charge in [0.1, 0.15) is 5.69 Å². The van der Waals surface area contributed by atoms with Crippen molar-refractivity contribution in [2.75, 3.05) is 0 Å². The van der Waals surface area contributed by atoms with Gasteiger partial charge < -0.3 is 8.98 Å². The zero-order valence-corrected chi connectivity index (χ0v) is 9.29. The average Bonchev–Trinajstić information content (AvgIpc) is 2.77. The van der Waals surface area contributed by atoms with Crippen molar-refractivity contribution in [3.63, 3.8) is 0 Å². The van der Waals surface area contributed by atoms with Crippen LogP contribution >= 0.6 is 11.6 Å². The Balaban J connectivity index is 2.58. The Morgan fingerprint density at radius 2 is 2.40 bits per heavy atom. The molecule has 0 fully saturated rings. The van der Waals surface area contributed by atoms with Gasteiger partial charge in [-0.3, -0.25) is 0 Å². The average molecular weight is 222 g/mol. The largest absolute Gasteiger partial charge is 0.463 e. The van der Waals surface area contributed by atoms with E-state index in [0.717, 1.165) is 23.7 Å². The van der Waals surface area contributed by atoms with Gasteiger partial charge in [-0.25, -0.2) is 0 Å². The van der Waals surface area contributed by atoms with Crippen LogP contribution in [0.15, 0.2) is 41.5 Å². The van der Waals surface area contributed by atoms with Crippen LogP contribution in [0.4, 0.5) is 0 Å². The number of allylic oxidation sites excluding steroid dienone is 1. The highest BCUT2D eigenvalue weighted by Crippen LogP contribution is 2.31. The molecule has 15 heavy (non-hydrogen) atoms. The van der Waals surface area contributed by atoms with E-state index in [1.54, 1.807) is 6.26 Å². The van der Waals surface area contributed by atoms with E-state index in [4.69, 9.17) is 16.0 Å². The fraction of sp³-hybridized carbons (Fsp3) is 0.167. The first-order chi connectivity index (χ1) is 7.24. The van der Waals surface area contributed by atoms with Crippen LogP contribution in [0.2, 0.25) is 5.02 Å². The molecule has 0 bridgehead atoms. The van der Waals surface area contributed by atoms with Crippen LogP contribution in [0.1, 0.15) is 5.69 Å². The van der Waals surface area contributed by atoms with E-state index in [2.05, 4.69) is 11.1 Å². The van der Waals surface area contributed by atoms with Crippen molar-refractivity contribution in [1.82, 2.24) is 4.57 Å². The van der Waals surface area contributed by atoms with Crippen LogP contribution in [0.25, 0.3) is 11.5 Å². The summed E-state index contributed by atoms with van der Waals surface area (Å²) in [6.45, 7) is 6.48. The molecule has 0 atom stereocenters. The number of halogens is 1. The minimum absolute atomic E-state index is 0.712. The van der Waals surface area contributed by atoms with Gasteiger partial charge in [0.2, 0.25) is 0 Å². The molecular weight excluding hydrogens is 210 g/mol. The molecule has 0 spiro atoms. The minimum Gasteiger partial charge on any atom is -0.463 e. The Kier molecular flexibility index (Phi) is 2.69. The Bertz CT molecular complexity index is 468. The first kappa shape index (κ1) is 10.1. The molecule has 0 radical (unpaired) electrons. The first-order valence-electron chi connectivity index (χ1n) is 4.74. The summed E-state index contributed by atoms with van der Waals surface area (Å²) in [7, 11) is 0. The second-order valence-electron chi connectivity index (χ2n) is 3.36. The van der Waals surface area contributed by atoms with E-state index in [9.17, 15) is 0 Å². The first-order valence-corrected chi connectivity index (χ1v) is 5.12. The highest BCUT2D eigenvalue weighted by Gasteiger charge is 2.14. The highest BCUT2D eigenvalue weighted by atomic mass is 35.5. The van der Waals surface area contributed by atoms with E-state index in [1.807, 2.05) is 31.2 Å². The quantitative estimate of drug-likeness (QED) is 0.719. The molecule has 0 aliphatic carbocycles. The van der Waals surface area contributed by atoms with Crippen molar-refractivity contribution in [3.8, 4) is 11.5 Å². The monoisotopic (exact) mass is 221 g/mol. The molecule has 2 nitrogen and oxygen atoms in total. The SMILES string of the molecule is C=CCn1c(C)cc(Cl)c1-c1ccco1. The van der Waals surface area contributed by atoms with E-state index < -0.39 is 0 Å². The fourth-order valence-corrected chi connectivity index (χ4v) is 2.02. The summed E-state index contributed by atoms with van der Waals surface area (Å²) in [6, 6.07) is 5.69. The Labute approximate surface area is 93.8 Å². The zero-order chi connectivity index (χ0) is 10.8. The molecule has 0 saturated heterocycles. The van der Waals surface area contributed by atoms with Gasteiger partial charge in [-0.1, -0.05) is 17.7 Å². The van der Waals surface area contributed by atoms with Crippen LogP contribution in [0.3, 0.4) is 0 Å². The van der Waals surface area contributed by atoms with E-state index in [-0.39, 0.29) is 0 Å². The molecule has 0 aromatic carbocycles. The van der Waals surface area contributed by atoms with Gasteiger partial charge in [0.15, 0.2) is 5.76 Å². The maximum atomic E-state index is 6.16. The second kappa shape index (κ2) is 3.99. The summed E-state index contributed by atoms with van der Waals surface area (Å²) < 4.78 is 7.44. The highest BCUT2D eigenvalue weighted by molar-refractivity contribution is 6.33. The normalized spacial score (nSPS) is 10.5. The molecule has 2 aromatic heterocycles. The molecule has 2 heterocycles. The molecule has 0 saturated carbocycles. The summed E-state index contributed by atoms with van der Waals surface area (Å²) in [6.07, 6.45) is 3.49. The Morgan fingerprint density at radius 1 is 1.60 bits per heavy atom. The number of hydrogen-bond acceptors (Lipinski definition) is 1. The topological polar surface area (TPSA) is 18.1 Å². The minimum atomic E-state index is 0.712. The standard InChI is InChI=1S/C12H12ClNO/c1-3-6-14-9(2)8-10(13)12(14)11-5-4-7-15-11/h3-5,7-8H,1,6H2,2H3. The number of nitrogens with zero attached hydrogens (tertiary/aromatic N) is 1. The lowest BCUT2D eigenvalue weighted by atomic mass is 10.3. The fourth-order valence-electron chi connectivity index (χ4n) is 1.66. The smallest absolute Gasteiger partial charge is 0.151 e. The molecular formula is C12H12ClNO. The molecule has 0 aliphatic rings. The van der Waals surface area contributed by atoms with E-state index in [1.165, 1.54) is 0 Å². The molecule has 78 valence electrons. The molecule has 2 rings (SSSR count). The summed E-state index contributed by atoms with van der Waals surface area (Å²) in [5.41, 5.74) is 2.02. The van der Waals surface area contributed by atoms with Crippen molar-refractivity contribution in [2.45, 2.75) is 13.5 Å². The predicted octanol–water partition coefficient (Wildman–Crippen LogP) is 3.90. The van der Waals surface area contributed by atoms with Gasteiger partial charge in [0.25, 0.3) is 0 Å². The van der Waals surface area contributed by atoms with Crippen molar-refractivity contribution in [1.29, 1.82) is 0 Å². The summed E-state index contributed by atoms with van der Waals surface area (Å²) in [5, 5.41) is 0.712. The van der Waals surface area contributed by atoms with E-state index in [0.29, 0.717) is 5.02 Å². The number of aromatic nitrogens is 1. The second-order valence-corrected chi connectivity index (χ2v) is 3.77. The van der Waals surface area contributed by atoms with Gasteiger partial charge in [0.05, 0.1) is 11.3 Å². The maximum Gasteiger partial charge on any atom is 0.151 e. The third-order valence-corrected chi connectivity index (χ3v) is 2.61. The lowest BCUT2D eigenvalue weighted by Gasteiger charge is -2.06. The van der Waals surface area contributed by atoms with Crippen LogP contribution < -0.4 is 0 Å². The van der Waals surface area contributed by atoms with Crippen molar-refractivity contribution < 1.29 is 4.42 Å². The zero-order valence-electron chi connectivity index (χ0n) is 8.53. The third kappa shape index (κ3) is 1.73. The van der Waals surface area contributed by atoms with Crippen LogP contribution in [0, 0.1) is 6.92 Å². The summed E-state index contributed by atoms with van der Waals surface area (Å²) in [4.78, 5) is 0. The molecule has 3 heteroatoms. The van der Waals surface area contributed by atoms with Crippen LogP contribution in [0.5, 0.6) is 0 Å². The van der Waals surface area contributed by atoms with Crippen molar-refractivity contribution in [2.24, 2.45) is 0 Å². The van der Waals surface area contributed by atoms with Gasteiger partial charge >= 0.3 is 0 Å². The van der Waals surface area contributed by atoms with Crippen LogP contribution in [-0.4, -0.2) is 4.57 Å². The summed E-state index contributed by atoms with van der Waals surface area (Å²) >= 11 is 6.16. The molecule has 0 amide bonds. The maximum absolute atomic E-state index is 6.16. The predicted molar refractivity (Wildman–Crippen MR) is 62.1 cm³/mol. The Hall–Kier alpha value is -1.41. The number of hydrogen-bond donors (Lipinski definition) is 0. The lowest BCUT2D eigenvalue weighted by molar-refractivity contribution is 0.574. The number of rotatable bonds is 3. The molecule has 2 aromatic rings. The van der Waals surface area contributed by atoms with Gasteiger partial charge in [-0.15, -0.1) is 6.58 Å². The van der Waals surface area contributed by atoms with Gasteiger partial charge in [0, 0.05) is 12.2 Å². The molecule has 0 aliphatic heterocycles. The molecule has 0 unspecified atom stereocenters. The van der Waals surface area contributed by atoms with E-state index >= 15 is 0 Å². The van der Waals surface area contributed by atoms with Gasteiger partial charge in [-0.05, 0) is 25.1 Å². The lowest BCUT2D eigenvalue weighted by Crippen LogP contribution is -1.99. The third-order valence-electron chi connectivity index (χ3n) is 2.32. The molecule has 0 N–H and O–H groups in total. The summed E-state index contributed by atoms with van der Waals surface area (Å²) in [5.74, 6) is 0.787. The number of aryl methyl sites for hydroxylation is 1.